The molecule has 0 aromatic heterocycles. The number of carbonyl (C=O) groups excluding carboxylic acids is 1. The minimum absolute atomic E-state index is 0.0425. The van der Waals surface area contributed by atoms with Crippen molar-refractivity contribution in [1.82, 2.24) is 4.90 Å². The average Bonchev–Trinajstić information content (AvgIpc) is 2.75. The van der Waals surface area contributed by atoms with Crippen molar-refractivity contribution >= 4 is 11.7 Å². The molecule has 0 aliphatic carbocycles. The molecule has 3 aromatic carbocycles. The predicted molar refractivity (Wildman–Crippen MR) is 110 cm³/mol. The first-order valence-corrected chi connectivity index (χ1v) is 9.83. The molecule has 0 saturated heterocycles. The maximum absolute atomic E-state index is 13.2. The Kier molecular flexibility index (Phi) is 5.43. The number of fused-ring (bicyclic) bond motifs is 1. The minimum atomic E-state index is -4.43. The normalized spacial score (nSPS) is 18.4. The van der Waals surface area contributed by atoms with Crippen LogP contribution in [0.15, 0.2) is 72.8 Å². The number of hydrogen-bond acceptors (Lipinski definition) is 1. The Labute approximate surface area is 177 Å². The minimum Gasteiger partial charge on any atom is -0.313 e. The fraction of sp³-hybridized carbons (Fsp3) is 0.208. The zero-order chi connectivity index (χ0) is 22.2. The van der Waals surface area contributed by atoms with Gasteiger partial charge in [0.05, 0.1) is 11.6 Å². The van der Waals surface area contributed by atoms with Gasteiger partial charge < -0.3 is 10.2 Å². The molecule has 3 nitrogen and oxygen atoms in total. The molecular weight excluding hydrogens is 408 g/mol. The largest absolute Gasteiger partial charge is 0.416 e. The molecule has 0 saturated carbocycles. The molecule has 1 unspecified atom stereocenters. The first kappa shape index (κ1) is 20.9. The topological polar surface area (TPSA) is 32.3 Å². The number of hydrogen-bond donors (Lipinski definition) is 1. The summed E-state index contributed by atoms with van der Waals surface area (Å²) in [5.41, 5.74) is 2.20. The smallest absolute Gasteiger partial charge is 0.313 e. The Bertz CT molecular complexity index is 1080. The summed E-state index contributed by atoms with van der Waals surface area (Å²) >= 11 is 0. The van der Waals surface area contributed by atoms with Crippen LogP contribution in [-0.2, 0) is 6.18 Å². The molecule has 1 aliphatic heterocycles. The van der Waals surface area contributed by atoms with Crippen molar-refractivity contribution in [2.24, 2.45) is 0 Å². The third-order valence-corrected chi connectivity index (χ3v) is 5.51. The highest BCUT2D eigenvalue weighted by molar-refractivity contribution is 5.90. The van der Waals surface area contributed by atoms with Crippen LogP contribution in [0.25, 0.3) is 0 Å². The van der Waals surface area contributed by atoms with Crippen molar-refractivity contribution in [3.8, 4) is 0 Å². The Morgan fingerprint density at radius 1 is 0.935 bits per heavy atom. The summed E-state index contributed by atoms with van der Waals surface area (Å²) in [5, 5.41) is 2.77. The molecule has 31 heavy (non-hydrogen) atoms. The maximum atomic E-state index is 13.2. The first-order chi connectivity index (χ1) is 14.7. The van der Waals surface area contributed by atoms with Gasteiger partial charge in [-0.3, -0.25) is 0 Å². The molecule has 0 spiro atoms. The summed E-state index contributed by atoms with van der Waals surface area (Å²) in [7, 11) is 0. The standard InChI is InChI=1S/C24H20F4N2O/c1-15-14-30(23(31)29-19-12-10-18(25)11-13-19)22(21-5-3-2-4-20(15)21)16-6-8-17(9-7-16)24(26,27)28/h2-13,15,22H,14H2,1H3,(H,29,31)/t15?,22-/m1/s1. The van der Waals surface area contributed by atoms with Crippen molar-refractivity contribution < 1.29 is 22.4 Å². The van der Waals surface area contributed by atoms with E-state index in [9.17, 15) is 22.4 Å². The maximum Gasteiger partial charge on any atom is 0.416 e. The highest BCUT2D eigenvalue weighted by atomic mass is 19.4. The molecule has 3 aromatic rings. The van der Waals surface area contributed by atoms with Crippen molar-refractivity contribution in [2.75, 3.05) is 11.9 Å². The molecule has 0 radical (unpaired) electrons. The number of alkyl halides is 3. The van der Waals surface area contributed by atoms with Crippen LogP contribution in [0.4, 0.5) is 28.0 Å². The molecular formula is C24H20F4N2O. The van der Waals surface area contributed by atoms with E-state index in [1.807, 2.05) is 31.2 Å². The van der Waals surface area contributed by atoms with E-state index in [0.717, 1.165) is 23.3 Å². The number of carbonyl (C=O) groups is 1. The molecule has 0 fully saturated rings. The van der Waals surface area contributed by atoms with Gasteiger partial charge in [-0.25, -0.2) is 9.18 Å². The quantitative estimate of drug-likeness (QED) is 0.459. The van der Waals surface area contributed by atoms with E-state index in [1.54, 1.807) is 4.90 Å². The Morgan fingerprint density at radius 2 is 1.55 bits per heavy atom. The lowest BCUT2D eigenvalue weighted by atomic mass is 9.83. The summed E-state index contributed by atoms with van der Waals surface area (Å²) in [4.78, 5) is 14.8. The van der Waals surface area contributed by atoms with E-state index in [1.165, 1.54) is 36.4 Å². The third kappa shape index (κ3) is 4.26. The number of anilines is 1. The Morgan fingerprint density at radius 3 is 2.16 bits per heavy atom. The SMILES string of the molecule is CC1CN(C(=O)Nc2ccc(F)cc2)[C@H](c2ccc(C(F)(F)F)cc2)c2ccccc21. The lowest BCUT2D eigenvalue weighted by Gasteiger charge is -2.40. The van der Waals surface area contributed by atoms with Crippen LogP contribution in [0.5, 0.6) is 0 Å². The fourth-order valence-electron chi connectivity index (χ4n) is 4.02. The van der Waals surface area contributed by atoms with Gasteiger partial charge in [0.25, 0.3) is 0 Å². The third-order valence-electron chi connectivity index (χ3n) is 5.51. The second kappa shape index (κ2) is 8.06. The highest BCUT2D eigenvalue weighted by Crippen LogP contribution is 2.40. The molecule has 1 aliphatic rings. The van der Waals surface area contributed by atoms with E-state index in [-0.39, 0.29) is 5.92 Å². The van der Waals surface area contributed by atoms with Gasteiger partial charge >= 0.3 is 12.2 Å². The summed E-state index contributed by atoms with van der Waals surface area (Å²) in [6.07, 6.45) is -4.43. The van der Waals surface area contributed by atoms with Gasteiger partial charge in [-0.05, 0) is 59.0 Å². The first-order valence-electron chi connectivity index (χ1n) is 9.83. The molecule has 0 bridgehead atoms. The molecule has 2 amide bonds. The van der Waals surface area contributed by atoms with E-state index >= 15 is 0 Å². The van der Waals surface area contributed by atoms with Gasteiger partial charge in [-0.1, -0.05) is 43.3 Å². The van der Waals surface area contributed by atoms with Crippen molar-refractivity contribution in [1.29, 1.82) is 0 Å². The van der Waals surface area contributed by atoms with Gasteiger partial charge in [0.15, 0.2) is 0 Å². The Hall–Kier alpha value is -3.35. The average molecular weight is 428 g/mol. The van der Waals surface area contributed by atoms with Gasteiger partial charge in [0, 0.05) is 12.2 Å². The molecule has 4 rings (SSSR count). The van der Waals surface area contributed by atoms with Gasteiger partial charge in [-0.15, -0.1) is 0 Å². The lowest BCUT2D eigenvalue weighted by Crippen LogP contribution is -2.44. The van der Waals surface area contributed by atoms with E-state index < -0.39 is 29.6 Å². The van der Waals surface area contributed by atoms with Crippen LogP contribution in [0, 0.1) is 5.82 Å². The molecule has 1 heterocycles. The van der Waals surface area contributed by atoms with Crippen molar-refractivity contribution in [3.63, 3.8) is 0 Å². The van der Waals surface area contributed by atoms with Crippen LogP contribution in [0.2, 0.25) is 0 Å². The van der Waals surface area contributed by atoms with Crippen molar-refractivity contribution in [2.45, 2.75) is 25.1 Å². The fourth-order valence-corrected chi connectivity index (χ4v) is 4.02. The van der Waals surface area contributed by atoms with E-state index in [0.29, 0.717) is 17.8 Å². The molecule has 160 valence electrons. The number of urea groups is 1. The Balaban J connectivity index is 1.72. The molecule has 2 atom stereocenters. The zero-order valence-corrected chi connectivity index (χ0v) is 16.7. The molecule has 7 heteroatoms. The number of amides is 2. The summed E-state index contributed by atoms with van der Waals surface area (Å²) in [6, 6.07) is 17.0. The summed E-state index contributed by atoms with van der Waals surface area (Å²) in [5.74, 6) is -0.373. The van der Waals surface area contributed by atoms with E-state index in [2.05, 4.69) is 5.32 Å². The van der Waals surface area contributed by atoms with Gasteiger partial charge in [0.1, 0.15) is 5.82 Å². The second-order valence-corrected chi connectivity index (χ2v) is 7.64. The monoisotopic (exact) mass is 428 g/mol. The summed E-state index contributed by atoms with van der Waals surface area (Å²) < 4.78 is 52.3. The van der Waals surface area contributed by atoms with Crippen LogP contribution in [-0.4, -0.2) is 17.5 Å². The van der Waals surface area contributed by atoms with Gasteiger partial charge in [-0.2, -0.15) is 13.2 Å². The number of rotatable bonds is 2. The van der Waals surface area contributed by atoms with Crippen molar-refractivity contribution in [3.05, 3.63) is 101 Å². The van der Waals surface area contributed by atoms with Crippen LogP contribution in [0.3, 0.4) is 0 Å². The number of halogens is 4. The highest BCUT2D eigenvalue weighted by Gasteiger charge is 2.36. The summed E-state index contributed by atoms with van der Waals surface area (Å²) in [6.45, 7) is 2.38. The predicted octanol–water partition coefficient (Wildman–Crippen LogP) is 6.59. The van der Waals surface area contributed by atoms with Crippen LogP contribution in [0.1, 0.15) is 41.1 Å². The number of benzene rings is 3. The van der Waals surface area contributed by atoms with Crippen LogP contribution < -0.4 is 5.32 Å². The molecule has 1 N–H and O–H groups in total. The number of nitrogens with one attached hydrogen (secondary N) is 1. The lowest BCUT2D eigenvalue weighted by molar-refractivity contribution is -0.137. The van der Waals surface area contributed by atoms with E-state index in [4.69, 9.17) is 0 Å². The van der Waals surface area contributed by atoms with Gasteiger partial charge in [0.2, 0.25) is 0 Å². The number of nitrogens with zero attached hydrogens (tertiary/aromatic N) is 1. The second-order valence-electron chi connectivity index (χ2n) is 7.64. The zero-order valence-electron chi connectivity index (χ0n) is 16.7. The van der Waals surface area contributed by atoms with Crippen LogP contribution >= 0.6 is 0 Å².